The number of hydrogen-bond acceptors (Lipinski definition) is 4. The Labute approximate surface area is 132 Å². The highest BCUT2D eigenvalue weighted by molar-refractivity contribution is 7.89. The molecule has 122 valence electrons. The van der Waals surface area contributed by atoms with Crippen molar-refractivity contribution in [2.24, 2.45) is 0 Å². The number of methoxy groups -OCH3 is 1. The van der Waals surface area contributed by atoms with Crippen LogP contribution < -0.4 is 0 Å². The van der Waals surface area contributed by atoms with Gasteiger partial charge in [-0.25, -0.2) is 8.42 Å². The topological polar surface area (TPSA) is 49.9 Å². The van der Waals surface area contributed by atoms with Crippen LogP contribution in [0.1, 0.15) is 19.3 Å². The maximum Gasteiger partial charge on any atom is 0.243 e. The Morgan fingerprint density at radius 2 is 1.86 bits per heavy atom. The van der Waals surface area contributed by atoms with E-state index in [0.29, 0.717) is 11.4 Å². The van der Waals surface area contributed by atoms with Crippen LogP contribution in [0.15, 0.2) is 35.2 Å². The maximum atomic E-state index is 12.9. The summed E-state index contributed by atoms with van der Waals surface area (Å²) in [5, 5.41) is 0. The zero-order valence-electron chi connectivity index (χ0n) is 13.0. The zero-order chi connectivity index (χ0) is 15.6. The van der Waals surface area contributed by atoms with E-state index in [-0.39, 0.29) is 12.1 Å². The van der Waals surface area contributed by atoms with Gasteiger partial charge in [-0.3, -0.25) is 0 Å². The SMILES string of the molecule is CO[C@H]1C[C@@H](CN2CCCC2)N(S(=O)(=O)c2ccccc2)C1. The van der Waals surface area contributed by atoms with Crippen LogP contribution in [0.3, 0.4) is 0 Å². The Kier molecular flexibility index (Phi) is 4.82. The number of sulfonamides is 1. The van der Waals surface area contributed by atoms with Gasteiger partial charge in [0.2, 0.25) is 10.0 Å². The molecule has 3 rings (SSSR count). The summed E-state index contributed by atoms with van der Waals surface area (Å²) in [6.45, 7) is 3.42. The third kappa shape index (κ3) is 3.20. The second-order valence-electron chi connectivity index (χ2n) is 6.14. The van der Waals surface area contributed by atoms with E-state index in [1.807, 2.05) is 6.07 Å². The molecule has 0 aliphatic carbocycles. The first-order valence-corrected chi connectivity index (χ1v) is 9.37. The summed E-state index contributed by atoms with van der Waals surface area (Å²) >= 11 is 0. The van der Waals surface area contributed by atoms with Gasteiger partial charge in [0.25, 0.3) is 0 Å². The fourth-order valence-electron chi connectivity index (χ4n) is 3.47. The number of ether oxygens (including phenoxy) is 1. The minimum absolute atomic E-state index is 0.00764. The van der Waals surface area contributed by atoms with Crippen molar-refractivity contribution < 1.29 is 13.2 Å². The van der Waals surface area contributed by atoms with Crippen LogP contribution in [0.5, 0.6) is 0 Å². The van der Waals surface area contributed by atoms with Gasteiger partial charge in [0.05, 0.1) is 11.0 Å². The minimum atomic E-state index is -3.45. The Hall–Kier alpha value is -0.950. The second-order valence-corrected chi connectivity index (χ2v) is 8.03. The van der Waals surface area contributed by atoms with Gasteiger partial charge in [-0.1, -0.05) is 18.2 Å². The molecule has 5 nitrogen and oxygen atoms in total. The van der Waals surface area contributed by atoms with Crippen molar-refractivity contribution in [3.63, 3.8) is 0 Å². The molecule has 0 aromatic heterocycles. The number of likely N-dealkylation sites (tertiary alicyclic amines) is 1. The Morgan fingerprint density at radius 1 is 1.18 bits per heavy atom. The van der Waals surface area contributed by atoms with Crippen molar-refractivity contribution >= 4 is 10.0 Å². The van der Waals surface area contributed by atoms with Crippen molar-refractivity contribution in [3.05, 3.63) is 30.3 Å². The van der Waals surface area contributed by atoms with Gasteiger partial charge in [0, 0.05) is 26.2 Å². The minimum Gasteiger partial charge on any atom is -0.380 e. The highest BCUT2D eigenvalue weighted by Crippen LogP contribution is 2.28. The predicted octanol–water partition coefficient (Wildman–Crippen LogP) is 1.56. The third-order valence-corrected chi connectivity index (χ3v) is 6.61. The lowest BCUT2D eigenvalue weighted by molar-refractivity contribution is 0.113. The molecule has 22 heavy (non-hydrogen) atoms. The monoisotopic (exact) mass is 324 g/mol. The van der Waals surface area contributed by atoms with Crippen molar-refractivity contribution in [2.75, 3.05) is 33.3 Å². The van der Waals surface area contributed by atoms with Crippen molar-refractivity contribution in [1.29, 1.82) is 0 Å². The molecule has 2 aliphatic heterocycles. The fourth-order valence-corrected chi connectivity index (χ4v) is 5.15. The molecule has 2 aliphatic rings. The van der Waals surface area contributed by atoms with Crippen LogP contribution in [0.25, 0.3) is 0 Å². The molecule has 2 saturated heterocycles. The van der Waals surface area contributed by atoms with Crippen LogP contribution in [0.2, 0.25) is 0 Å². The van der Waals surface area contributed by atoms with Crippen LogP contribution in [-0.2, 0) is 14.8 Å². The van der Waals surface area contributed by atoms with Crippen LogP contribution in [-0.4, -0.2) is 63.1 Å². The maximum absolute atomic E-state index is 12.9. The molecule has 0 radical (unpaired) electrons. The third-order valence-electron chi connectivity index (χ3n) is 4.68. The summed E-state index contributed by atoms with van der Waals surface area (Å²) in [4.78, 5) is 2.74. The van der Waals surface area contributed by atoms with Gasteiger partial charge in [-0.2, -0.15) is 4.31 Å². The van der Waals surface area contributed by atoms with E-state index < -0.39 is 10.0 Å². The van der Waals surface area contributed by atoms with E-state index in [9.17, 15) is 8.42 Å². The first kappa shape index (κ1) is 15.9. The quantitative estimate of drug-likeness (QED) is 0.825. The predicted molar refractivity (Wildman–Crippen MR) is 85.2 cm³/mol. The number of hydrogen-bond donors (Lipinski definition) is 0. The zero-order valence-corrected chi connectivity index (χ0v) is 13.8. The average Bonchev–Trinajstić information content (AvgIpc) is 3.18. The van der Waals surface area contributed by atoms with E-state index >= 15 is 0 Å². The number of rotatable bonds is 5. The number of benzene rings is 1. The van der Waals surface area contributed by atoms with E-state index in [1.54, 1.807) is 35.7 Å². The molecular formula is C16H24N2O3S. The molecule has 0 saturated carbocycles. The summed E-state index contributed by atoms with van der Waals surface area (Å²) in [7, 11) is -1.78. The molecule has 2 atom stereocenters. The summed E-state index contributed by atoms with van der Waals surface area (Å²) < 4.78 is 33.0. The fraction of sp³-hybridized carbons (Fsp3) is 0.625. The van der Waals surface area contributed by atoms with Crippen molar-refractivity contribution in [2.45, 2.75) is 36.3 Å². The molecule has 0 unspecified atom stereocenters. The summed E-state index contributed by atoms with van der Waals surface area (Å²) in [5.74, 6) is 0. The lowest BCUT2D eigenvalue weighted by Gasteiger charge is -2.27. The van der Waals surface area contributed by atoms with E-state index in [0.717, 1.165) is 26.1 Å². The van der Waals surface area contributed by atoms with Gasteiger partial charge in [-0.05, 0) is 44.5 Å². The molecule has 0 N–H and O–H groups in total. The smallest absolute Gasteiger partial charge is 0.243 e. The Balaban J connectivity index is 1.82. The van der Waals surface area contributed by atoms with Gasteiger partial charge in [0.1, 0.15) is 0 Å². The highest BCUT2D eigenvalue weighted by Gasteiger charge is 2.41. The van der Waals surface area contributed by atoms with Crippen LogP contribution >= 0.6 is 0 Å². The second kappa shape index (κ2) is 6.66. The van der Waals surface area contributed by atoms with Crippen LogP contribution in [0.4, 0.5) is 0 Å². The van der Waals surface area contributed by atoms with Gasteiger partial charge < -0.3 is 9.64 Å². The molecule has 0 bridgehead atoms. The van der Waals surface area contributed by atoms with Gasteiger partial charge in [0.15, 0.2) is 0 Å². The molecule has 0 amide bonds. The lowest BCUT2D eigenvalue weighted by atomic mass is 10.2. The standard InChI is InChI=1S/C16H24N2O3S/c1-21-15-11-14(12-17-9-5-6-10-17)18(13-15)22(19,20)16-7-3-2-4-8-16/h2-4,7-8,14-15H,5-6,9-13H2,1H3/t14-,15-/m0/s1. The van der Waals surface area contributed by atoms with Gasteiger partial charge >= 0.3 is 0 Å². The van der Waals surface area contributed by atoms with Crippen molar-refractivity contribution in [1.82, 2.24) is 9.21 Å². The molecular weight excluding hydrogens is 300 g/mol. The summed E-state index contributed by atoms with van der Waals surface area (Å²) in [5.41, 5.74) is 0. The first-order chi connectivity index (χ1) is 10.6. The molecule has 6 heteroatoms. The average molecular weight is 324 g/mol. The molecule has 1 aromatic rings. The Morgan fingerprint density at radius 3 is 2.50 bits per heavy atom. The summed E-state index contributed by atoms with van der Waals surface area (Å²) in [6.07, 6.45) is 3.20. The largest absolute Gasteiger partial charge is 0.380 e. The van der Waals surface area contributed by atoms with Gasteiger partial charge in [-0.15, -0.1) is 0 Å². The molecule has 2 heterocycles. The lowest BCUT2D eigenvalue weighted by Crippen LogP contribution is -2.42. The normalized spacial score (nSPS) is 27.5. The first-order valence-electron chi connectivity index (χ1n) is 7.93. The summed E-state index contributed by atoms with van der Waals surface area (Å²) in [6, 6.07) is 8.72. The van der Waals surface area contributed by atoms with Crippen molar-refractivity contribution in [3.8, 4) is 0 Å². The molecule has 0 spiro atoms. The highest BCUT2D eigenvalue weighted by atomic mass is 32.2. The van der Waals surface area contributed by atoms with E-state index in [1.165, 1.54) is 12.8 Å². The Bertz CT molecular complexity index is 585. The van der Waals surface area contributed by atoms with Crippen LogP contribution in [0, 0.1) is 0 Å². The van der Waals surface area contributed by atoms with E-state index in [4.69, 9.17) is 4.74 Å². The molecule has 1 aromatic carbocycles. The number of nitrogens with zero attached hydrogens (tertiary/aromatic N) is 2. The van der Waals surface area contributed by atoms with E-state index in [2.05, 4.69) is 4.90 Å². The molecule has 2 fully saturated rings.